The maximum Gasteiger partial charge on any atom is 0.0783 e. The molecule has 2 nitrogen and oxygen atoms in total. The normalized spacial score (nSPS) is 12.3. The lowest BCUT2D eigenvalue weighted by Crippen LogP contribution is -2.10. The molecule has 74 valence electrons. The standard InChI is InChI=1S/C11H14N2S/c1-11(2,3)8-4-7-6-12-13-10(7)9(14)5-8/h4-6,14H,1-3H3,(H,12,13). The highest BCUT2D eigenvalue weighted by Gasteiger charge is 2.15. The first-order chi connectivity index (χ1) is 6.48. The van der Waals surface area contributed by atoms with Gasteiger partial charge in [0, 0.05) is 10.3 Å². The lowest BCUT2D eigenvalue weighted by Gasteiger charge is -2.19. The van der Waals surface area contributed by atoms with E-state index in [1.165, 1.54) is 5.56 Å². The molecule has 0 amide bonds. The van der Waals surface area contributed by atoms with Crippen LogP contribution >= 0.6 is 12.6 Å². The number of nitrogens with zero attached hydrogens (tertiary/aromatic N) is 1. The van der Waals surface area contributed by atoms with E-state index in [-0.39, 0.29) is 5.41 Å². The Labute approximate surface area is 89.1 Å². The van der Waals surface area contributed by atoms with Crippen molar-refractivity contribution in [2.24, 2.45) is 0 Å². The summed E-state index contributed by atoms with van der Waals surface area (Å²) in [5, 5.41) is 8.08. The Hall–Kier alpha value is -0.960. The largest absolute Gasteiger partial charge is 0.277 e. The zero-order valence-electron chi connectivity index (χ0n) is 8.63. The molecule has 0 saturated heterocycles. The highest BCUT2D eigenvalue weighted by atomic mass is 32.1. The summed E-state index contributed by atoms with van der Waals surface area (Å²) in [6, 6.07) is 4.27. The number of nitrogens with one attached hydrogen (secondary N) is 1. The summed E-state index contributed by atoms with van der Waals surface area (Å²) in [6.45, 7) is 6.59. The third-order valence-corrected chi connectivity index (χ3v) is 2.75. The van der Waals surface area contributed by atoms with Crippen LogP contribution in [0.15, 0.2) is 23.2 Å². The first kappa shape index (κ1) is 9.59. The fourth-order valence-corrected chi connectivity index (χ4v) is 1.79. The maximum atomic E-state index is 4.45. The second kappa shape index (κ2) is 3.02. The Morgan fingerprint density at radius 3 is 2.64 bits per heavy atom. The highest BCUT2D eigenvalue weighted by molar-refractivity contribution is 7.80. The van der Waals surface area contributed by atoms with Crippen LogP contribution in [0.2, 0.25) is 0 Å². The van der Waals surface area contributed by atoms with Gasteiger partial charge in [-0.3, -0.25) is 5.10 Å². The van der Waals surface area contributed by atoms with Crippen LogP contribution in [0.3, 0.4) is 0 Å². The van der Waals surface area contributed by atoms with Gasteiger partial charge in [0.05, 0.1) is 11.7 Å². The van der Waals surface area contributed by atoms with Gasteiger partial charge in [0.1, 0.15) is 0 Å². The van der Waals surface area contributed by atoms with E-state index >= 15 is 0 Å². The third-order valence-electron chi connectivity index (χ3n) is 2.39. The summed E-state index contributed by atoms with van der Waals surface area (Å²) < 4.78 is 0. The van der Waals surface area contributed by atoms with Gasteiger partial charge < -0.3 is 0 Å². The fraction of sp³-hybridized carbons (Fsp3) is 0.364. The molecule has 1 N–H and O–H groups in total. The summed E-state index contributed by atoms with van der Waals surface area (Å²) in [5.74, 6) is 0. The van der Waals surface area contributed by atoms with E-state index in [1.807, 2.05) is 6.20 Å². The summed E-state index contributed by atoms with van der Waals surface area (Å²) >= 11 is 4.45. The monoisotopic (exact) mass is 206 g/mol. The summed E-state index contributed by atoms with van der Waals surface area (Å²) in [5.41, 5.74) is 2.46. The zero-order chi connectivity index (χ0) is 10.3. The molecule has 14 heavy (non-hydrogen) atoms. The van der Waals surface area contributed by atoms with Crippen molar-refractivity contribution in [3.05, 3.63) is 23.9 Å². The fourth-order valence-electron chi connectivity index (χ4n) is 1.47. The first-order valence-corrected chi connectivity index (χ1v) is 5.10. The van der Waals surface area contributed by atoms with Gasteiger partial charge in [0.25, 0.3) is 0 Å². The molecule has 0 fully saturated rings. The van der Waals surface area contributed by atoms with Crippen LogP contribution < -0.4 is 0 Å². The van der Waals surface area contributed by atoms with E-state index in [4.69, 9.17) is 0 Å². The van der Waals surface area contributed by atoms with Gasteiger partial charge in [-0.05, 0) is 23.1 Å². The smallest absolute Gasteiger partial charge is 0.0783 e. The van der Waals surface area contributed by atoms with Crippen molar-refractivity contribution in [3.8, 4) is 0 Å². The Morgan fingerprint density at radius 1 is 1.29 bits per heavy atom. The Kier molecular flexibility index (Phi) is 2.07. The zero-order valence-corrected chi connectivity index (χ0v) is 9.52. The number of rotatable bonds is 0. The molecular weight excluding hydrogens is 192 g/mol. The number of fused-ring (bicyclic) bond motifs is 1. The predicted molar refractivity (Wildman–Crippen MR) is 62.0 cm³/mol. The van der Waals surface area contributed by atoms with Crippen molar-refractivity contribution in [1.29, 1.82) is 0 Å². The van der Waals surface area contributed by atoms with Gasteiger partial charge in [0.15, 0.2) is 0 Å². The minimum absolute atomic E-state index is 0.156. The van der Waals surface area contributed by atoms with Crippen molar-refractivity contribution in [3.63, 3.8) is 0 Å². The second-order valence-corrected chi connectivity index (χ2v) is 5.06. The van der Waals surface area contributed by atoms with Crippen LogP contribution in [0.1, 0.15) is 26.3 Å². The third kappa shape index (κ3) is 1.52. The van der Waals surface area contributed by atoms with Gasteiger partial charge in [0.2, 0.25) is 0 Å². The van der Waals surface area contributed by atoms with Gasteiger partial charge >= 0.3 is 0 Å². The molecule has 0 spiro atoms. The lowest BCUT2D eigenvalue weighted by atomic mass is 9.86. The average Bonchev–Trinajstić information content (AvgIpc) is 2.50. The van der Waals surface area contributed by atoms with Crippen LogP contribution in [-0.2, 0) is 5.41 Å². The molecule has 2 rings (SSSR count). The van der Waals surface area contributed by atoms with Crippen LogP contribution in [0.5, 0.6) is 0 Å². The van der Waals surface area contributed by atoms with Crippen molar-refractivity contribution < 1.29 is 0 Å². The molecule has 3 heteroatoms. The molecule has 2 aromatic rings. The molecule has 0 aliphatic rings. The number of hydrogen-bond acceptors (Lipinski definition) is 2. The van der Waals surface area contributed by atoms with E-state index in [1.54, 1.807) is 0 Å². The molecule has 0 aliphatic carbocycles. The summed E-state index contributed by atoms with van der Waals surface area (Å²) in [7, 11) is 0. The molecule has 0 atom stereocenters. The van der Waals surface area contributed by atoms with Crippen LogP contribution in [0, 0.1) is 0 Å². The molecule has 0 bridgehead atoms. The number of thiol groups is 1. The lowest BCUT2D eigenvalue weighted by molar-refractivity contribution is 0.590. The van der Waals surface area contributed by atoms with Crippen molar-refractivity contribution in [2.45, 2.75) is 31.1 Å². The van der Waals surface area contributed by atoms with Crippen molar-refractivity contribution >= 4 is 23.5 Å². The number of aromatic amines is 1. The minimum atomic E-state index is 0.156. The topological polar surface area (TPSA) is 28.7 Å². The Bertz CT molecular complexity index is 466. The number of H-pyrrole nitrogens is 1. The minimum Gasteiger partial charge on any atom is -0.277 e. The predicted octanol–water partition coefficient (Wildman–Crippen LogP) is 3.15. The Morgan fingerprint density at radius 2 is 2.00 bits per heavy atom. The van der Waals surface area contributed by atoms with Crippen LogP contribution in [-0.4, -0.2) is 10.2 Å². The average molecular weight is 206 g/mol. The molecule has 1 aromatic carbocycles. The number of benzene rings is 1. The summed E-state index contributed by atoms with van der Waals surface area (Å²) in [4.78, 5) is 0.963. The van der Waals surface area contributed by atoms with Gasteiger partial charge in [-0.25, -0.2) is 0 Å². The molecular formula is C11H14N2S. The second-order valence-electron chi connectivity index (χ2n) is 4.58. The highest BCUT2D eigenvalue weighted by Crippen LogP contribution is 2.29. The molecule has 0 saturated carbocycles. The van der Waals surface area contributed by atoms with E-state index in [2.05, 4.69) is 55.7 Å². The maximum absolute atomic E-state index is 4.45. The molecule has 0 aliphatic heterocycles. The number of aromatic nitrogens is 2. The van der Waals surface area contributed by atoms with E-state index in [9.17, 15) is 0 Å². The van der Waals surface area contributed by atoms with E-state index in [0.29, 0.717) is 0 Å². The molecule has 0 unspecified atom stereocenters. The molecule has 1 heterocycles. The number of hydrogen-bond donors (Lipinski definition) is 2. The van der Waals surface area contributed by atoms with E-state index < -0.39 is 0 Å². The van der Waals surface area contributed by atoms with Gasteiger partial charge in [-0.2, -0.15) is 5.10 Å². The first-order valence-electron chi connectivity index (χ1n) is 4.65. The van der Waals surface area contributed by atoms with Crippen molar-refractivity contribution in [1.82, 2.24) is 10.2 Å². The van der Waals surface area contributed by atoms with Crippen LogP contribution in [0.25, 0.3) is 10.9 Å². The van der Waals surface area contributed by atoms with Crippen LogP contribution in [0.4, 0.5) is 0 Å². The van der Waals surface area contributed by atoms with Gasteiger partial charge in [-0.1, -0.05) is 20.8 Å². The van der Waals surface area contributed by atoms with E-state index in [0.717, 1.165) is 15.8 Å². The van der Waals surface area contributed by atoms with Crippen molar-refractivity contribution in [2.75, 3.05) is 0 Å². The SMILES string of the molecule is CC(C)(C)c1cc(S)c2[nH]ncc2c1. The Balaban J connectivity index is 2.70. The van der Waals surface area contributed by atoms with Gasteiger partial charge in [-0.15, -0.1) is 12.6 Å². The molecule has 1 aromatic heterocycles. The quantitative estimate of drug-likeness (QED) is 0.637. The summed E-state index contributed by atoms with van der Waals surface area (Å²) in [6.07, 6.45) is 1.84. The molecule has 0 radical (unpaired) electrons.